The van der Waals surface area contributed by atoms with Crippen LogP contribution in [0.25, 0.3) is 23.1 Å². The summed E-state index contributed by atoms with van der Waals surface area (Å²) in [7, 11) is 0. The van der Waals surface area contributed by atoms with Crippen molar-refractivity contribution in [2.75, 3.05) is 0 Å². The van der Waals surface area contributed by atoms with Gasteiger partial charge in [-0.1, -0.05) is 111 Å². The van der Waals surface area contributed by atoms with E-state index in [0.717, 1.165) is 55.7 Å². The number of nitrogens with one attached hydrogen (secondary N) is 3. The van der Waals surface area contributed by atoms with Crippen LogP contribution in [0.5, 0.6) is 5.75 Å². The zero-order valence-electron chi connectivity index (χ0n) is 33.2. The Morgan fingerprint density at radius 2 is 1.75 bits per heavy atom. The monoisotopic (exact) mass is 753 g/mol. The van der Waals surface area contributed by atoms with E-state index < -0.39 is 0 Å². The minimum absolute atomic E-state index is 0.0154. The number of aliphatic imine (C=N–C) groups is 2. The predicted molar refractivity (Wildman–Crippen MR) is 234 cm³/mol. The Bertz CT molecular complexity index is 2460. The minimum atomic E-state index is -0.0753. The van der Waals surface area contributed by atoms with E-state index in [2.05, 4.69) is 132 Å². The molecule has 3 aliphatic heterocycles. The van der Waals surface area contributed by atoms with Crippen molar-refractivity contribution >= 4 is 35.1 Å². The Morgan fingerprint density at radius 1 is 0.842 bits per heavy atom. The highest BCUT2D eigenvalue weighted by Crippen LogP contribution is 2.47. The van der Waals surface area contributed by atoms with Crippen LogP contribution in [0.4, 0.5) is 0 Å². The van der Waals surface area contributed by atoms with Crippen molar-refractivity contribution in [1.29, 1.82) is 0 Å². The molecule has 1 fully saturated rings. The fourth-order valence-corrected chi connectivity index (χ4v) is 11.3. The number of ether oxygens (including phenoxy) is 1. The summed E-state index contributed by atoms with van der Waals surface area (Å²) in [4.78, 5) is 14.7. The van der Waals surface area contributed by atoms with Crippen molar-refractivity contribution in [1.82, 2.24) is 15.6 Å². The number of H-pyrrole nitrogens is 1. The fraction of sp³-hybridized carbons (Fsp3) is 0.412. The third kappa shape index (κ3) is 6.36. The maximum atomic E-state index is 6.70. The van der Waals surface area contributed by atoms with Gasteiger partial charge in [-0.2, -0.15) is 0 Å². The van der Waals surface area contributed by atoms with Gasteiger partial charge >= 0.3 is 0 Å². The molecular formula is C51H55N5O. The molecule has 1 aromatic heterocycles. The van der Waals surface area contributed by atoms with Crippen LogP contribution in [-0.4, -0.2) is 41.5 Å². The minimum Gasteiger partial charge on any atom is -0.485 e. The summed E-state index contributed by atoms with van der Waals surface area (Å²) in [6, 6.07) is 15.0. The average Bonchev–Trinajstić information content (AvgIpc) is 3.85. The summed E-state index contributed by atoms with van der Waals surface area (Å²) in [5, 5.41) is 12.0. The number of aromatic nitrogens is 1. The SMILES string of the molecule is CC1CCCCC1C1=C(C2=CC(C3NC(c4ccccc4)=NC(C4C=CCCC4)N3)C(C3=CC4c5c(ccc6[nH]c7c(c56)=CCCC=7)OC4C=C3)N=C2)CCC=C1. The molecule has 290 valence electrons. The quantitative estimate of drug-likeness (QED) is 0.220. The molecule has 6 heteroatoms. The standard InChI is InChI=1S/C51H55N5O/c1-31-14-8-9-19-36(31)38-21-11-10-20-37(38)35-29-41(51-55-49(32-15-4-2-5-16-32)54-50(56-51)33-17-6-3-7-18-33)48(52-30-35)34-24-26-44-40(28-34)47-45(57-44)27-25-43-46(47)39-22-12-13-23-42(39)53-43/h2,4-6,11,15-17,21-31,33,36,40-41,44,48,50-51,53,56H,3,7-10,12-14,18-20H2,1H3,(H,54,55). The molecule has 0 saturated heterocycles. The third-order valence-corrected chi connectivity index (χ3v) is 14.3. The summed E-state index contributed by atoms with van der Waals surface area (Å²) in [5.41, 5.74) is 9.31. The molecule has 0 bridgehead atoms. The molecule has 11 rings (SSSR count). The molecule has 0 radical (unpaired) electrons. The molecule has 3 N–H and O–H groups in total. The van der Waals surface area contributed by atoms with Crippen molar-refractivity contribution in [3.8, 4) is 5.75 Å². The van der Waals surface area contributed by atoms with Crippen LogP contribution in [0.1, 0.15) is 94.6 Å². The smallest absolute Gasteiger partial charge is 0.131 e. The van der Waals surface area contributed by atoms with Crippen molar-refractivity contribution < 1.29 is 4.74 Å². The zero-order chi connectivity index (χ0) is 37.9. The van der Waals surface area contributed by atoms with Gasteiger partial charge in [0, 0.05) is 56.6 Å². The van der Waals surface area contributed by atoms with Gasteiger partial charge in [-0.3, -0.25) is 10.3 Å². The molecule has 6 nitrogen and oxygen atoms in total. The summed E-state index contributed by atoms with van der Waals surface area (Å²) in [5.74, 6) is 3.84. The maximum absolute atomic E-state index is 6.70. The Morgan fingerprint density at radius 3 is 2.65 bits per heavy atom. The fourth-order valence-electron chi connectivity index (χ4n) is 11.3. The van der Waals surface area contributed by atoms with E-state index in [1.54, 1.807) is 5.57 Å². The second-order valence-corrected chi connectivity index (χ2v) is 17.7. The first kappa shape index (κ1) is 35.2. The van der Waals surface area contributed by atoms with Gasteiger partial charge in [0.05, 0.1) is 12.2 Å². The molecule has 57 heavy (non-hydrogen) atoms. The number of hydrogen-bond donors (Lipinski definition) is 3. The van der Waals surface area contributed by atoms with E-state index in [1.807, 2.05) is 0 Å². The van der Waals surface area contributed by atoms with E-state index >= 15 is 0 Å². The molecular weight excluding hydrogens is 699 g/mol. The third-order valence-electron chi connectivity index (χ3n) is 14.3. The highest BCUT2D eigenvalue weighted by Gasteiger charge is 2.42. The summed E-state index contributed by atoms with van der Waals surface area (Å²) in [6.07, 6.45) is 39.4. The summed E-state index contributed by atoms with van der Waals surface area (Å²) >= 11 is 0. The van der Waals surface area contributed by atoms with Gasteiger partial charge in [-0.25, -0.2) is 4.99 Å². The molecule has 3 aromatic rings. The van der Waals surface area contributed by atoms with Crippen LogP contribution in [0.15, 0.2) is 123 Å². The predicted octanol–water partition coefficient (Wildman–Crippen LogP) is 8.98. The second-order valence-electron chi connectivity index (χ2n) is 17.7. The number of hydrogen-bond acceptors (Lipinski definition) is 5. The zero-order valence-corrected chi connectivity index (χ0v) is 33.2. The van der Waals surface area contributed by atoms with Crippen molar-refractivity contribution in [2.45, 2.75) is 108 Å². The number of nitrogens with zero attached hydrogens (tertiary/aromatic N) is 2. The number of benzene rings is 2. The van der Waals surface area contributed by atoms with E-state index in [0.29, 0.717) is 17.8 Å². The second kappa shape index (κ2) is 14.8. The van der Waals surface area contributed by atoms with Gasteiger partial charge in [-0.05, 0) is 104 Å². The lowest BCUT2D eigenvalue weighted by Gasteiger charge is -2.42. The Hall–Kier alpha value is -4.94. The normalized spacial score (nSPS) is 32.9. The highest BCUT2D eigenvalue weighted by atomic mass is 16.5. The lowest BCUT2D eigenvalue weighted by Crippen LogP contribution is -2.61. The molecule has 9 unspecified atom stereocenters. The van der Waals surface area contributed by atoms with Gasteiger partial charge in [-0.15, -0.1) is 0 Å². The number of fused-ring (bicyclic) bond motifs is 7. The van der Waals surface area contributed by atoms with Gasteiger partial charge in [0.25, 0.3) is 0 Å². The van der Waals surface area contributed by atoms with Crippen molar-refractivity contribution in [3.05, 3.63) is 135 Å². The number of dihydropyridines is 1. The van der Waals surface area contributed by atoms with Gasteiger partial charge in [0.15, 0.2) is 0 Å². The van der Waals surface area contributed by atoms with E-state index in [9.17, 15) is 0 Å². The lowest BCUT2D eigenvalue weighted by molar-refractivity contribution is 0.260. The van der Waals surface area contributed by atoms with Crippen molar-refractivity contribution in [3.63, 3.8) is 0 Å². The highest BCUT2D eigenvalue weighted by molar-refractivity contribution is 5.99. The average molecular weight is 754 g/mol. The maximum Gasteiger partial charge on any atom is 0.131 e. The molecule has 2 aromatic carbocycles. The number of allylic oxidation sites excluding steroid dienone is 6. The molecule has 0 spiro atoms. The van der Waals surface area contributed by atoms with Crippen LogP contribution in [-0.2, 0) is 0 Å². The van der Waals surface area contributed by atoms with Crippen LogP contribution in [0, 0.1) is 23.7 Å². The van der Waals surface area contributed by atoms with E-state index in [4.69, 9.17) is 14.7 Å². The summed E-state index contributed by atoms with van der Waals surface area (Å²) in [6.45, 7) is 2.48. The molecule has 8 aliphatic rings. The van der Waals surface area contributed by atoms with Crippen molar-refractivity contribution in [2.24, 2.45) is 33.7 Å². The molecule has 4 heterocycles. The number of amidine groups is 1. The van der Waals surface area contributed by atoms with E-state index in [1.165, 1.54) is 75.9 Å². The molecule has 9 atom stereocenters. The molecule has 0 amide bonds. The van der Waals surface area contributed by atoms with Crippen LogP contribution >= 0.6 is 0 Å². The molecule has 1 saturated carbocycles. The van der Waals surface area contributed by atoms with Crippen LogP contribution < -0.4 is 25.9 Å². The first-order chi connectivity index (χ1) is 28.2. The van der Waals surface area contributed by atoms with Gasteiger partial charge in [0.2, 0.25) is 0 Å². The lowest BCUT2D eigenvalue weighted by atomic mass is 9.72. The summed E-state index contributed by atoms with van der Waals surface area (Å²) < 4.78 is 6.70. The topological polar surface area (TPSA) is 73.8 Å². The number of rotatable bonds is 6. The first-order valence-corrected chi connectivity index (χ1v) is 22.1. The van der Waals surface area contributed by atoms with Crippen LogP contribution in [0.3, 0.4) is 0 Å². The Balaban J connectivity index is 1.02. The molecule has 5 aliphatic carbocycles. The Kier molecular flexibility index (Phi) is 9.13. The van der Waals surface area contributed by atoms with Gasteiger partial charge < -0.3 is 15.0 Å². The van der Waals surface area contributed by atoms with E-state index in [-0.39, 0.29) is 36.3 Å². The first-order valence-electron chi connectivity index (χ1n) is 22.1. The largest absolute Gasteiger partial charge is 0.485 e. The number of aromatic amines is 1. The van der Waals surface area contributed by atoms with Gasteiger partial charge in [0.1, 0.15) is 23.9 Å². The Labute approximate surface area is 336 Å². The van der Waals surface area contributed by atoms with Crippen LogP contribution in [0.2, 0.25) is 0 Å².